The van der Waals surface area contributed by atoms with Gasteiger partial charge >= 0.3 is 0 Å². The van der Waals surface area contributed by atoms with Gasteiger partial charge in [-0.1, -0.05) is 6.07 Å². The first-order chi connectivity index (χ1) is 13.7. The molecule has 1 saturated heterocycles. The minimum absolute atomic E-state index is 0. The van der Waals surface area contributed by atoms with Crippen LogP contribution in [0, 0.1) is 6.92 Å². The molecule has 0 radical (unpaired) electrons. The smallest absolute Gasteiger partial charge is 0.191 e. The number of guanidine groups is 1. The van der Waals surface area contributed by atoms with E-state index in [9.17, 15) is 0 Å². The van der Waals surface area contributed by atoms with Crippen molar-refractivity contribution in [3.05, 3.63) is 36.0 Å². The van der Waals surface area contributed by atoms with Crippen LogP contribution in [0.15, 0.2) is 29.4 Å². The molecule has 0 amide bonds. The van der Waals surface area contributed by atoms with Gasteiger partial charge in [0.15, 0.2) is 11.8 Å². The molecule has 2 N–H and O–H groups in total. The van der Waals surface area contributed by atoms with Gasteiger partial charge in [0.2, 0.25) is 0 Å². The van der Waals surface area contributed by atoms with Gasteiger partial charge in [0.05, 0.1) is 0 Å². The Hall–Kier alpha value is -1.95. The number of hydrogen-bond acceptors (Lipinski definition) is 6. The second-order valence-electron chi connectivity index (χ2n) is 6.92. The molecule has 1 unspecified atom stereocenters. The lowest BCUT2D eigenvalue weighted by atomic mass is 10.3. The first-order valence-electron chi connectivity index (χ1n) is 9.72. The van der Waals surface area contributed by atoms with Gasteiger partial charge < -0.3 is 24.8 Å². The summed E-state index contributed by atoms with van der Waals surface area (Å²) in [6, 6.07) is 6.34. The molecule has 0 aliphatic carbocycles. The molecule has 0 bridgehead atoms. The van der Waals surface area contributed by atoms with Crippen LogP contribution in [0.4, 0.5) is 5.82 Å². The molecule has 0 saturated carbocycles. The topological polar surface area (TPSA) is 92.5 Å². The maximum Gasteiger partial charge on any atom is 0.191 e. The number of aromatic nitrogens is 4. The Balaban J connectivity index is 0.00000300. The number of halogens is 1. The highest BCUT2D eigenvalue weighted by Gasteiger charge is 2.24. The van der Waals surface area contributed by atoms with Crippen LogP contribution in [0.25, 0.3) is 0 Å². The van der Waals surface area contributed by atoms with E-state index in [-0.39, 0.29) is 24.0 Å². The van der Waals surface area contributed by atoms with Gasteiger partial charge in [-0.05, 0) is 31.9 Å². The first kappa shape index (κ1) is 23.3. The van der Waals surface area contributed by atoms with Gasteiger partial charge in [0.1, 0.15) is 18.2 Å². The van der Waals surface area contributed by atoms with Crippen LogP contribution >= 0.6 is 24.0 Å². The van der Waals surface area contributed by atoms with E-state index < -0.39 is 0 Å². The molecule has 29 heavy (non-hydrogen) atoms. The Morgan fingerprint density at radius 1 is 1.34 bits per heavy atom. The number of hydrogen-bond donors (Lipinski definition) is 2. The second kappa shape index (κ2) is 11.9. The number of ether oxygens (including phenoxy) is 1. The van der Waals surface area contributed by atoms with Crippen LogP contribution in [-0.2, 0) is 18.3 Å². The Morgan fingerprint density at radius 3 is 2.90 bits per heavy atom. The summed E-state index contributed by atoms with van der Waals surface area (Å²) in [6.45, 7) is 5.82. The molecule has 3 heterocycles. The number of rotatable bonds is 8. The fourth-order valence-electron chi connectivity index (χ4n) is 3.13. The van der Waals surface area contributed by atoms with Gasteiger partial charge in [-0.3, -0.25) is 0 Å². The summed E-state index contributed by atoms with van der Waals surface area (Å²) < 4.78 is 7.10. The standard InChI is InChI=1S/C19H30N8O.HI/c1-15-24-25-18(26(15)2)13-22-19(21-10-6-12-28-3)23-16-8-11-27(14-16)17-7-4-5-9-20-17;/h4-5,7,9,16H,6,8,10-14H2,1-3H3,(H2,21,22,23);1H. The molecule has 2 aromatic heterocycles. The summed E-state index contributed by atoms with van der Waals surface area (Å²) in [5.74, 6) is 3.55. The number of methoxy groups -OCH3 is 1. The third-order valence-electron chi connectivity index (χ3n) is 4.88. The van der Waals surface area contributed by atoms with Crippen LogP contribution in [-0.4, -0.2) is 65.1 Å². The van der Waals surface area contributed by atoms with Crippen molar-refractivity contribution in [3.63, 3.8) is 0 Å². The molecule has 1 aliphatic rings. The number of aliphatic imine (C=N–C) groups is 1. The third kappa shape index (κ3) is 6.81. The Kier molecular flexibility index (Phi) is 9.58. The van der Waals surface area contributed by atoms with E-state index in [1.54, 1.807) is 7.11 Å². The molecule has 1 fully saturated rings. The molecule has 10 heteroatoms. The zero-order chi connectivity index (χ0) is 19.8. The summed E-state index contributed by atoms with van der Waals surface area (Å²) >= 11 is 0. The number of pyridine rings is 1. The second-order valence-corrected chi connectivity index (χ2v) is 6.92. The fraction of sp³-hybridized carbons (Fsp3) is 0.579. The minimum Gasteiger partial charge on any atom is -0.385 e. The van der Waals surface area contributed by atoms with E-state index in [0.29, 0.717) is 12.6 Å². The fourth-order valence-corrected chi connectivity index (χ4v) is 3.13. The van der Waals surface area contributed by atoms with Gasteiger partial charge in [0.25, 0.3) is 0 Å². The zero-order valence-corrected chi connectivity index (χ0v) is 19.7. The van der Waals surface area contributed by atoms with Crippen molar-refractivity contribution in [1.82, 2.24) is 30.4 Å². The van der Waals surface area contributed by atoms with E-state index in [0.717, 1.165) is 62.5 Å². The molecule has 160 valence electrons. The van der Waals surface area contributed by atoms with Crippen LogP contribution < -0.4 is 15.5 Å². The predicted molar refractivity (Wildman–Crippen MR) is 125 cm³/mol. The number of nitrogens with zero attached hydrogens (tertiary/aromatic N) is 6. The Labute approximate surface area is 189 Å². The van der Waals surface area contributed by atoms with Crippen molar-refractivity contribution in [2.24, 2.45) is 12.0 Å². The van der Waals surface area contributed by atoms with E-state index in [2.05, 4.69) is 36.8 Å². The quantitative estimate of drug-likeness (QED) is 0.239. The Morgan fingerprint density at radius 2 is 2.21 bits per heavy atom. The average Bonchev–Trinajstić information content (AvgIpc) is 3.31. The molecule has 0 aromatic carbocycles. The van der Waals surface area contributed by atoms with Crippen LogP contribution in [0.3, 0.4) is 0 Å². The van der Waals surface area contributed by atoms with Crippen molar-refractivity contribution in [2.75, 3.05) is 38.3 Å². The summed E-state index contributed by atoms with van der Waals surface area (Å²) in [7, 11) is 3.68. The van der Waals surface area contributed by atoms with Crippen molar-refractivity contribution in [2.45, 2.75) is 32.4 Å². The van der Waals surface area contributed by atoms with E-state index in [1.165, 1.54) is 0 Å². The largest absolute Gasteiger partial charge is 0.385 e. The predicted octanol–water partition coefficient (Wildman–Crippen LogP) is 1.49. The summed E-state index contributed by atoms with van der Waals surface area (Å²) in [4.78, 5) is 11.5. The zero-order valence-electron chi connectivity index (χ0n) is 17.3. The lowest BCUT2D eigenvalue weighted by Gasteiger charge is -2.20. The van der Waals surface area contributed by atoms with Gasteiger partial charge in [-0.2, -0.15) is 0 Å². The monoisotopic (exact) mass is 514 g/mol. The van der Waals surface area contributed by atoms with E-state index in [1.807, 2.05) is 36.9 Å². The molecule has 2 aromatic rings. The summed E-state index contributed by atoms with van der Waals surface area (Å²) in [5.41, 5.74) is 0. The van der Waals surface area contributed by atoms with Gasteiger partial charge in [0, 0.05) is 52.6 Å². The van der Waals surface area contributed by atoms with Crippen molar-refractivity contribution in [1.29, 1.82) is 0 Å². The number of aryl methyl sites for hydroxylation is 1. The summed E-state index contributed by atoms with van der Waals surface area (Å²) in [6.07, 6.45) is 3.80. The normalized spacial score (nSPS) is 16.6. The van der Waals surface area contributed by atoms with Gasteiger partial charge in [-0.15, -0.1) is 34.2 Å². The maximum atomic E-state index is 5.13. The lowest BCUT2D eigenvalue weighted by Crippen LogP contribution is -2.45. The van der Waals surface area contributed by atoms with E-state index in [4.69, 9.17) is 9.73 Å². The summed E-state index contributed by atoms with van der Waals surface area (Å²) in [5, 5.41) is 15.3. The molecule has 1 aliphatic heterocycles. The highest BCUT2D eigenvalue weighted by atomic mass is 127. The van der Waals surface area contributed by atoms with Crippen LogP contribution in [0.1, 0.15) is 24.5 Å². The average molecular weight is 514 g/mol. The van der Waals surface area contributed by atoms with Crippen molar-refractivity contribution < 1.29 is 4.74 Å². The highest BCUT2D eigenvalue weighted by Crippen LogP contribution is 2.17. The number of nitrogens with one attached hydrogen (secondary N) is 2. The molecule has 0 spiro atoms. The van der Waals surface area contributed by atoms with Gasteiger partial charge in [-0.25, -0.2) is 9.98 Å². The van der Waals surface area contributed by atoms with E-state index >= 15 is 0 Å². The van der Waals surface area contributed by atoms with Crippen molar-refractivity contribution in [3.8, 4) is 0 Å². The maximum absolute atomic E-state index is 5.13. The van der Waals surface area contributed by atoms with Crippen molar-refractivity contribution >= 4 is 35.8 Å². The third-order valence-corrected chi connectivity index (χ3v) is 4.88. The molecular formula is C19H31IN8O. The SMILES string of the molecule is COCCCNC(=NCc1nnc(C)n1C)NC1CCN(c2ccccn2)C1.I. The molecule has 1 atom stereocenters. The molecule has 3 rings (SSSR count). The van der Waals surface area contributed by atoms with Crippen LogP contribution in [0.5, 0.6) is 0 Å². The first-order valence-corrected chi connectivity index (χ1v) is 9.72. The Bertz CT molecular complexity index is 767. The van der Waals surface area contributed by atoms with Crippen LogP contribution in [0.2, 0.25) is 0 Å². The highest BCUT2D eigenvalue weighted by molar-refractivity contribution is 14.0. The number of anilines is 1. The molecule has 9 nitrogen and oxygen atoms in total. The molecular weight excluding hydrogens is 483 g/mol. The lowest BCUT2D eigenvalue weighted by molar-refractivity contribution is 0.195. The minimum atomic E-state index is 0.